The molecule has 0 saturated heterocycles. The Morgan fingerprint density at radius 3 is 0.429 bits per heavy atom. The minimum Gasteiger partial charge on any atom is -0.481 e. The first-order chi connectivity index (χ1) is 8.66. The quantitative estimate of drug-likeness (QED) is 0.410. The van der Waals surface area contributed by atoms with Crippen LogP contribution in [0.1, 0.15) is 34.6 Å². The van der Waals surface area contributed by atoms with Gasteiger partial charge in [0.05, 0.1) is 0 Å². The Bertz CT molecular complexity index is 211. The molecule has 0 rings (SSSR count). The molecule has 21 heavy (non-hydrogen) atoms. The largest absolute Gasteiger partial charge is 0.481 e. The zero-order chi connectivity index (χ0) is 17.9. The van der Waals surface area contributed by atoms with E-state index >= 15 is 0 Å². The fourth-order valence-electron chi connectivity index (χ4n) is 0. The van der Waals surface area contributed by atoms with E-state index in [1.807, 2.05) is 0 Å². The van der Waals surface area contributed by atoms with Gasteiger partial charge in [0.2, 0.25) is 0 Å². The van der Waals surface area contributed by atoms with E-state index < -0.39 is 29.8 Å². The number of carbonyl (C=O) groups is 5. The second-order valence-electron chi connectivity index (χ2n) is 2.60. The summed E-state index contributed by atoms with van der Waals surface area (Å²) in [6.45, 7) is 5.42. The smallest absolute Gasteiger partial charge is 0.300 e. The van der Waals surface area contributed by atoms with Crippen molar-refractivity contribution in [2.24, 2.45) is 0 Å². The Kier molecular flexibility index (Phi) is 53.3. The fraction of sp³-hybridized carbons (Fsp3) is 0.500. The van der Waals surface area contributed by atoms with Gasteiger partial charge < -0.3 is 25.5 Å². The summed E-state index contributed by atoms with van der Waals surface area (Å²) in [7, 11) is 0. The monoisotopic (exact) mass is 351 g/mol. The number of rotatable bonds is 0. The zero-order valence-electron chi connectivity index (χ0n) is 12.2. The molecule has 11 heteroatoms. The van der Waals surface area contributed by atoms with E-state index in [-0.39, 0.29) is 18.6 Å². The Labute approximate surface area is 133 Å². The Morgan fingerprint density at radius 1 is 0.429 bits per heavy atom. The van der Waals surface area contributed by atoms with Gasteiger partial charge in [-0.15, -0.1) is 0 Å². The zero-order valence-corrected chi connectivity index (χ0v) is 13.6. The van der Waals surface area contributed by atoms with Crippen molar-refractivity contribution >= 4 is 29.8 Å². The predicted octanol–water partition coefficient (Wildman–Crippen LogP) is 0.452. The molecule has 0 atom stereocenters. The maximum atomic E-state index is 9.00. The molecule has 0 spiro atoms. The SMILES string of the molecule is CC(=O)O.CC(=O)O.CC(=O)O.CC(=O)O.CC(=O)O.[V]. The molecule has 0 aromatic rings. The number of carboxylic acids is 5. The van der Waals surface area contributed by atoms with Crippen molar-refractivity contribution in [2.45, 2.75) is 34.6 Å². The van der Waals surface area contributed by atoms with Gasteiger partial charge >= 0.3 is 0 Å². The van der Waals surface area contributed by atoms with Crippen LogP contribution in [0, 0.1) is 0 Å². The number of hydrogen-bond donors (Lipinski definition) is 5. The van der Waals surface area contributed by atoms with Crippen LogP contribution in [0.15, 0.2) is 0 Å². The van der Waals surface area contributed by atoms with Crippen molar-refractivity contribution < 1.29 is 68.1 Å². The average Bonchev–Trinajstić information content (AvgIpc) is 1.94. The molecule has 10 nitrogen and oxygen atoms in total. The van der Waals surface area contributed by atoms with Crippen molar-refractivity contribution in [1.82, 2.24) is 0 Å². The molecule has 0 aliphatic heterocycles. The topological polar surface area (TPSA) is 186 Å². The molecule has 0 aliphatic carbocycles. The van der Waals surface area contributed by atoms with Gasteiger partial charge in [-0.1, -0.05) is 0 Å². The molecule has 5 N–H and O–H groups in total. The van der Waals surface area contributed by atoms with Gasteiger partial charge in [-0.2, -0.15) is 0 Å². The van der Waals surface area contributed by atoms with Gasteiger partial charge in [0.1, 0.15) is 0 Å². The summed E-state index contributed by atoms with van der Waals surface area (Å²) < 4.78 is 0. The first-order valence-corrected chi connectivity index (χ1v) is 4.64. The number of aliphatic carboxylic acids is 5. The molecular formula is C10H20O10V. The van der Waals surface area contributed by atoms with E-state index in [2.05, 4.69) is 0 Å². The summed E-state index contributed by atoms with van der Waals surface area (Å²) in [5.74, 6) is -4.17. The Hall–Kier alpha value is -2.07. The maximum Gasteiger partial charge on any atom is 0.300 e. The van der Waals surface area contributed by atoms with E-state index in [0.717, 1.165) is 34.6 Å². The third-order valence-electron chi connectivity index (χ3n) is 0. The molecule has 0 aliphatic rings. The molecule has 0 fully saturated rings. The van der Waals surface area contributed by atoms with Crippen LogP contribution in [-0.4, -0.2) is 55.4 Å². The van der Waals surface area contributed by atoms with E-state index in [1.54, 1.807) is 0 Å². The summed E-state index contributed by atoms with van der Waals surface area (Å²) >= 11 is 0. The van der Waals surface area contributed by atoms with Crippen LogP contribution >= 0.6 is 0 Å². The molecule has 0 aromatic carbocycles. The van der Waals surface area contributed by atoms with Gasteiger partial charge in [0, 0.05) is 53.2 Å². The average molecular weight is 351 g/mol. The van der Waals surface area contributed by atoms with E-state index in [0.29, 0.717) is 0 Å². The number of carboxylic acid groups (broad SMARTS) is 5. The second-order valence-corrected chi connectivity index (χ2v) is 2.60. The predicted molar refractivity (Wildman–Crippen MR) is 66.5 cm³/mol. The summed E-state index contributed by atoms with van der Waals surface area (Å²) in [4.78, 5) is 45.0. The van der Waals surface area contributed by atoms with Crippen molar-refractivity contribution in [3.8, 4) is 0 Å². The van der Waals surface area contributed by atoms with Crippen LogP contribution in [0.4, 0.5) is 0 Å². The minimum atomic E-state index is -0.833. The maximum absolute atomic E-state index is 9.00. The minimum absolute atomic E-state index is 0. The summed E-state index contributed by atoms with van der Waals surface area (Å²) in [6.07, 6.45) is 0. The molecule has 0 unspecified atom stereocenters. The van der Waals surface area contributed by atoms with Crippen molar-refractivity contribution in [3.63, 3.8) is 0 Å². The summed E-state index contributed by atoms with van der Waals surface area (Å²) in [6, 6.07) is 0. The van der Waals surface area contributed by atoms with Gasteiger partial charge in [-0.25, -0.2) is 0 Å². The molecule has 0 heterocycles. The van der Waals surface area contributed by atoms with Gasteiger partial charge in [-0.05, 0) is 0 Å². The molecular weight excluding hydrogens is 331 g/mol. The van der Waals surface area contributed by atoms with Gasteiger partial charge in [-0.3, -0.25) is 24.0 Å². The van der Waals surface area contributed by atoms with E-state index in [9.17, 15) is 0 Å². The van der Waals surface area contributed by atoms with Crippen LogP contribution in [0.25, 0.3) is 0 Å². The van der Waals surface area contributed by atoms with Crippen molar-refractivity contribution in [2.75, 3.05) is 0 Å². The van der Waals surface area contributed by atoms with Gasteiger partial charge in [0.15, 0.2) is 0 Å². The number of hydrogen-bond acceptors (Lipinski definition) is 5. The van der Waals surface area contributed by atoms with E-state index in [4.69, 9.17) is 49.5 Å². The Morgan fingerprint density at radius 2 is 0.429 bits per heavy atom. The van der Waals surface area contributed by atoms with Crippen LogP contribution in [-0.2, 0) is 42.5 Å². The second kappa shape index (κ2) is 30.7. The van der Waals surface area contributed by atoms with E-state index in [1.165, 1.54) is 0 Å². The molecule has 1 radical (unpaired) electrons. The normalized spacial score (nSPS) is 5.95. The molecule has 0 aromatic heterocycles. The van der Waals surface area contributed by atoms with Crippen LogP contribution in [0.3, 0.4) is 0 Å². The molecule has 0 amide bonds. The van der Waals surface area contributed by atoms with Crippen molar-refractivity contribution in [1.29, 1.82) is 0 Å². The first kappa shape index (κ1) is 36.4. The molecule has 0 saturated carbocycles. The fourth-order valence-corrected chi connectivity index (χ4v) is 0. The molecule has 0 bridgehead atoms. The third kappa shape index (κ3) is 1070. The summed E-state index contributed by atoms with van der Waals surface area (Å²) in [5, 5.41) is 37.1. The van der Waals surface area contributed by atoms with Gasteiger partial charge in [0.25, 0.3) is 29.8 Å². The Balaban J connectivity index is -0.0000000331. The van der Waals surface area contributed by atoms with Crippen LogP contribution in [0.2, 0.25) is 0 Å². The summed E-state index contributed by atoms with van der Waals surface area (Å²) in [5.41, 5.74) is 0. The third-order valence-corrected chi connectivity index (χ3v) is 0. The van der Waals surface area contributed by atoms with Crippen molar-refractivity contribution in [3.05, 3.63) is 0 Å². The molecule has 125 valence electrons. The van der Waals surface area contributed by atoms with Crippen LogP contribution < -0.4 is 0 Å². The standard InChI is InChI=1S/5C2H4O2.V/c5*1-2(3)4;/h5*1H3,(H,3,4);. The first-order valence-electron chi connectivity index (χ1n) is 4.64. The van der Waals surface area contributed by atoms with Crippen LogP contribution in [0.5, 0.6) is 0 Å².